The van der Waals surface area contributed by atoms with Gasteiger partial charge in [-0.05, 0) is 57.5 Å². The van der Waals surface area contributed by atoms with Gasteiger partial charge >= 0.3 is 0 Å². The van der Waals surface area contributed by atoms with Crippen molar-refractivity contribution in [2.75, 3.05) is 30.4 Å². The highest BCUT2D eigenvalue weighted by molar-refractivity contribution is 5.94. The minimum absolute atomic E-state index is 0.0124. The Balaban J connectivity index is 1.50. The van der Waals surface area contributed by atoms with Crippen LogP contribution in [0, 0.1) is 25.2 Å². The fourth-order valence-corrected chi connectivity index (χ4v) is 5.10. The summed E-state index contributed by atoms with van der Waals surface area (Å²) in [7, 11) is 2.21. The van der Waals surface area contributed by atoms with Gasteiger partial charge < -0.3 is 10.2 Å². The Morgan fingerprint density at radius 1 is 1.16 bits per heavy atom. The molecule has 2 fully saturated rings. The van der Waals surface area contributed by atoms with Crippen molar-refractivity contribution >= 4 is 22.4 Å². The Labute approximate surface area is 182 Å². The largest absolute Gasteiger partial charge is 0.362 e. The summed E-state index contributed by atoms with van der Waals surface area (Å²) >= 11 is 0. The van der Waals surface area contributed by atoms with Gasteiger partial charge in [-0.15, -0.1) is 5.10 Å². The number of rotatable bonds is 4. The van der Waals surface area contributed by atoms with E-state index in [-0.39, 0.29) is 6.04 Å². The number of nitriles is 1. The molecule has 0 aliphatic carbocycles. The van der Waals surface area contributed by atoms with Crippen LogP contribution in [0.5, 0.6) is 0 Å². The van der Waals surface area contributed by atoms with Gasteiger partial charge in [0.05, 0.1) is 23.4 Å². The lowest BCUT2D eigenvalue weighted by molar-refractivity contribution is 0.292. The number of fused-ring (bicyclic) bond motifs is 3. The fourth-order valence-electron chi connectivity index (χ4n) is 5.10. The van der Waals surface area contributed by atoms with Gasteiger partial charge in [-0.2, -0.15) is 10.4 Å². The summed E-state index contributed by atoms with van der Waals surface area (Å²) in [6.45, 7) is 8.17. The summed E-state index contributed by atoms with van der Waals surface area (Å²) in [5, 5.41) is 23.8. The first-order chi connectivity index (χ1) is 15.0. The van der Waals surface area contributed by atoms with Crippen molar-refractivity contribution in [3.8, 4) is 6.07 Å². The molecule has 7 heteroatoms. The molecule has 0 amide bonds. The monoisotopic (exact) mass is 413 g/mol. The molecule has 2 aromatic heterocycles. The van der Waals surface area contributed by atoms with Crippen LogP contribution >= 0.6 is 0 Å². The van der Waals surface area contributed by atoms with Gasteiger partial charge in [0.2, 0.25) is 0 Å². The molecule has 7 nitrogen and oxygen atoms in total. The Morgan fingerprint density at radius 3 is 2.71 bits per heavy atom. The molecule has 2 aliphatic rings. The predicted octanol–water partition coefficient (Wildman–Crippen LogP) is 3.58. The molecule has 0 unspecified atom stereocenters. The van der Waals surface area contributed by atoms with Crippen LogP contribution in [-0.2, 0) is 0 Å². The number of likely N-dealkylation sites (N-methyl/N-ethyl adjacent to an activating group) is 1. The molecule has 0 radical (unpaired) electrons. The average Bonchev–Trinajstić information content (AvgIpc) is 3.35. The third-order valence-corrected chi connectivity index (χ3v) is 6.96. The number of nitrogens with zero attached hydrogens (tertiary/aromatic N) is 6. The molecule has 2 aliphatic heterocycles. The molecule has 158 valence electrons. The normalized spacial score (nSPS) is 21.5. The van der Waals surface area contributed by atoms with Gasteiger partial charge in [0.1, 0.15) is 5.82 Å². The molecule has 4 heterocycles. The van der Waals surface area contributed by atoms with Gasteiger partial charge in [-0.1, -0.05) is 12.1 Å². The Kier molecular flexibility index (Phi) is 4.75. The summed E-state index contributed by atoms with van der Waals surface area (Å²) in [5.74, 6) is 1.76. The van der Waals surface area contributed by atoms with Gasteiger partial charge in [-0.3, -0.25) is 4.90 Å². The van der Waals surface area contributed by atoms with E-state index in [2.05, 4.69) is 57.5 Å². The molecular formula is C24H27N7. The quantitative estimate of drug-likeness (QED) is 0.700. The van der Waals surface area contributed by atoms with E-state index in [1.54, 1.807) is 0 Å². The van der Waals surface area contributed by atoms with E-state index in [4.69, 9.17) is 4.98 Å². The van der Waals surface area contributed by atoms with Crippen LogP contribution in [0.25, 0.3) is 10.8 Å². The van der Waals surface area contributed by atoms with Crippen LogP contribution in [0.4, 0.5) is 11.6 Å². The van der Waals surface area contributed by atoms with Crippen molar-refractivity contribution in [1.82, 2.24) is 20.1 Å². The number of aromatic nitrogens is 3. The number of hydrogen-bond donors (Lipinski definition) is 1. The maximum Gasteiger partial charge on any atom is 0.157 e. The molecule has 31 heavy (non-hydrogen) atoms. The molecule has 2 saturated heterocycles. The zero-order valence-electron chi connectivity index (χ0n) is 18.4. The van der Waals surface area contributed by atoms with Crippen molar-refractivity contribution in [3.63, 3.8) is 0 Å². The highest BCUT2D eigenvalue weighted by Gasteiger charge is 2.42. The van der Waals surface area contributed by atoms with Gasteiger partial charge in [0.25, 0.3) is 0 Å². The van der Waals surface area contributed by atoms with E-state index in [0.29, 0.717) is 17.6 Å². The van der Waals surface area contributed by atoms with Crippen LogP contribution < -0.4 is 10.2 Å². The third-order valence-electron chi connectivity index (χ3n) is 6.96. The molecule has 0 spiro atoms. The van der Waals surface area contributed by atoms with E-state index in [9.17, 15) is 5.26 Å². The highest BCUT2D eigenvalue weighted by atomic mass is 15.4. The minimum atomic E-state index is -0.0124. The van der Waals surface area contributed by atoms with Crippen molar-refractivity contribution in [2.24, 2.45) is 0 Å². The smallest absolute Gasteiger partial charge is 0.157 e. The number of piperazine rings is 1. The predicted molar refractivity (Wildman–Crippen MR) is 122 cm³/mol. The highest BCUT2D eigenvalue weighted by Crippen LogP contribution is 2.35. The van der Waals surface area contributed by atoms with E-state index in [1.807, 2.05) is 32.2 Å². The Bertz CT molecular complexity index is 1200. The zero-order valence-corrected chi connectivity index (χ0v) is 18.4. The SMILES string of the molecule is Cc1c(C#N)cccc1[C@@H](C)Nc1nnc(C)c2cnc(N3C[C@H]4C[C@@H]3CN4C)cc12. The van der Waals surface area contributed by atoms with E-state index >= 15 is 0 Å². The fraction of sp³-hybridized carbons (Fsp3) is 0.417. The second kappa shape index (κ2) is 7.47. The molecule has 1 N–H and O–H groups in total. The van der Waals surface area contributed by atoms with E-state index in [0.717, 1.165) is 52.3 Å². The number of pyridine rings is 1. The molecule has 0 saturated carbocycles. The van der Waals surface area contributed by atoms with Crippen LogP contribution in [-0.4, -0.2) is 52.3 Å². The standard InChI is InChI=1S/C24H27N7/c1-14-17(10-25)6-5-7-20(14)15(2)27-24-21-9-23(26-11-22(21)16(3)28-29-24)31-13-18-8-19(31)12-30(18)4/h5-7,9,11,15,18-19H,8,12-13H2,1-4H3,(H,27,29)/t15-,18-,19-/m1/s1. The lowest BCUT2D eigenvalue weighted by Crippen LogP contribution is -2.44. The van der Waals surface area contributed by atoms with Crippen molar-refractivity contribution < 1.29 is 0 Å². The summed E-state index contributed by atoms with van der Waals surface area (Å²) < 4.78 is 0. The third kappa shape index (κ3) is 3.28. The zero-order chi connectivity index (χ0) is 21.7. The maximum atomic E-state index is 9.37. The first kappa shape index (κ1) is 19.7. The first-order valence-corrected chi connectivity index (χ1v) is 10.8. The summed E-state index contributed by atoms with van der Waals surface area (Å²) in [4.78, 5) is 9.67. The summed E-state index contributed by atoms with van der Waals surface area (Å²) in [6.07, 6.45) is 3.14. The van der Waals surface area contributed by atoms with Crippen LogP contribution in [0.3, 0.4) is 0 Å². The number of likely N-dealkylation sites (tertiary alicyclic amines) is 1. The summed E-state index contributed by atoms with van der Waals surface area (Å²) in [5.41, 5.74) is 3.65. The molecular weight excluding hydrogens is 386 g/mol. The van der Waals surface area contributed by atoms with Crippen molar-refractivity contribution in [2.45, 2.75) is 45.3 Å². The van der Waals surface area contributed by atoms with Crippen LogP contribution in [0.1, 0.15) is 41.8 Å². The number of benzene rings is 1. The van der Waals surface area contributed by atoms with E-state index < -0.39 is 0 Å². The average molecular weight is 414 g/mol. The van der Waals surface area contributed by atoms with Gasteiger partial charge in [0.15, 0.2) is 5.82 Å². The lowest BCUT2D eigenvalue weighted by Gasteiger charge is -2.33. The van der Waals surface area contributed by atoms with Gasteiger partial charge in [0, 0.05) is 42.1 Å². The number of nitrogens with one attached hydrogen (secondary N) is 1. The van der Waals surface area contributed by atoms with Crippen LogP contribution in [0.2, 0.25) is 0 Å². The lowest BCUT2D eigenvalue weighted by atomic mass is 9.98. The van der Waals surface area contributed by atoms with Gasteiger partial charge in [-0.25, -0.2) is 4.98 Å². The first-order valence-electron chi connectivity index (χ1n) is 10.8. The molecule has 3 aromatic rings. The summed E-state index contributed by atoms with van der Waals surface area (Å²) in [6, 6.07) is 11.4. The molecule has 2 bridgehead atoms. The minimum Gasteiger partial charge on any atom is -0.362 e. The number of hydrogen-bond acceptors (Lipinski definition) is 7. The maximum absolute atomic E-state index is 9.37. The molecule has 1 aromatic carbocycles. The second-order valence-corrected chi connectivity index (χ2v) is 8.86. The van der Waals surface area contributed by atoms with Crippen molar-refractivity contribution in [3.05, 3.63) is 52.8 Å². The Hall–Kier alpha value is -3.24. The number of anilines is 2. The topological polar surface area (TPSA) is 81.0 Å². The molecule has 3 atom stereocenters. The Morgan fingerprint density at radius 2 is 2.00 bits per heavy atom. The van der Waals surface area contributed by atoms with Crippen LogP contribution in [0.15, 0.2) is 30.5 Å². The van der Waals surface area contributed by atoms with E-state index in [1.165, 1.54) is 6.42 Å². The molecule has 5 rings (SSSR count). The van der Waals surface area contributed by atoms with Crippen molar-refractivity contribution in [1.29, 1.82) is 5.26 Å². The second-order valence-electron chi connectivity index (χ2n) is 8.86. The number of aryl methyl sites for hydroxylation is 1.